The highest BCUT2D eigenvalue weighted by Gasteiger charge is 2.57. The lowest BCUT2D eigenvalue weighted by molar-refractivity contribution is -0.183. The Bertz CT molecular complexity index is 1490. The number of nitrogens with one attached hydrogen (secondary N) is 1. The topological polar surface area (TPSA) is 88.5 Å². The van der Waals surface area contributed by atoms with E-state index in [0.717, 1.165) is 54.7 Å². The standard InChI is InChI=1S/C43H65FN4O4/c1-27(2)18-34(24-46-16-8-9-17-46)47(25-35-28(3)12-10-15-37(35)44)22-31-13-11-14-32(19-31)23-48-41(40(30(5)50)39(26-49)52-48)42(51)45-38-21-33-20-36(29(38)4)43(33,6)7/h10-15,19,27,29-30,33-34,36,38-41,49-50H,8-9,16-18,20-26H2,1-7H3,(H,45,51)/t29-,30-,33+,34-,36-,38-,39-,40+,41-/m0/s1. The molecule has 2 saturated heterocycles. The van der Waals surface area contributed by atoms with E-state index in [9.17, 15) is 15.0 Å². The van der Waals surface area contributed by atoms with Gasteiger partial charge in [0.1, 0.15) is 18.0 Å². The highest BCUT2D eigenvalue weighted by molar-refractivity contribution is 5.82. The minimum absolute atomic E-state index is 0.0840. The van der Waals surface area contributed by atoms with Crippen LogP contribution in [-0.4, -0.2) is 87.6 Å². The number of halogens is 1. The van der Waals surface area contributed by atoms with E-state index in [4.69, 9.17) is 4.84 Å². The van der Waals surface area contributed by atoms with Crippen LogP contribution in [0.4, 0.5) is 4.39 Å². The molecule has 8 nitrogen and oxygen atoms in total. The summed E-state index contributed by atoms with van der Waals surface area (Å²) in [6.07, 6.45) is 4.14. The van der Waals surface area contributed by atoms with Crippen LogP contribution in [0.15, 0.2) is 42.5 Å². The Morgan fingerprint density at radius 3 is 2.42 bits per heavy atom. The number of benzene rings is 2. The smallest absolute Gasteiger partial charge is 0.240 e. The third-order valence-corrected chi connectivity index (χ3v) is 13.4. The molecular weight excluding hydrogens is 655 g/mol. The van der Waals surface area contributed by atoms with Crippen molar-refractivity contribution in [2.24, 2.45) is 35.0 Å². The first kappa shape index (κ1) is 39.3. The average Bonchev–Trinajstić information content (AvgIpc) is 3.74. The Balaban J connectivity index is 1.23. The number of nitrogens with zero attached hydrogens (tertiary/aromatic N) is 3. The highest BCUT2D eigenvalue weighted by Crippen LogP contribution is 2.61. The molecule has 9 atom stereocenters. The predicted octanol–water partition coefficient (Wildman–Crippen LogP) is 6.31. The quantitative estimate of drug-likeness (QED) is 0.199. The van der Waals surface area contributed by atoms with Gasteiger partial charge in [0.2, 0.25) is 5.91 Å². The predicted molar refractivity (Wildman–Crippen MR) is 203 cm³/mol. The summed E-state index contributed by atoms with van der Waals surface area (Å²) in [7, 11) is 0. The third kappa shape index (κ3) is 8.45. The molecule has 1 amide bonds. The first-order valence-electron chi connectivity index (χ1n) is 20.1. The lowest BCUT2D eigenvalue weighted by Crippen LogP contribution is -2.62. The average molecular weight is 721 g/mol. The molecule has 3 N–H and O–H groups in total. The second-order valence-electron chi connectivity index (χ2n) is 17.8. The Morgan fingerprint density at radius 1 is 1.08 bits per heavy atom. The summed E-state index contributed by atoms with van der Waals surface area (Å²) in [5.74, 6) is 1.19. The maximum atomic E-state index is 15.3. The van der Waals surface area contributed by atoms with Crippen molar-refractivity contribution in [3.05, 3.63) is 70.5 Å². The zero-order valence-electron chi connectivity index (χ0n) is 32.7. The summed E-state index contributed by atoms with van der Waals surface area (Å²) >= 11 is 0. The number of aliphatic hydroxyl groups excluding tert-OH is 2. The van der Waals surface area contributed by atoms with Crippen LogP contribution >= 0.6 is 0 Å². The van der Waals surface area contributed by atoms with E-state index in [1.807, 2.05) is 25.1 Å². The fraction of sp³-hybridized carbons (Fsp3) is 0.698. The van der Waals surface area contributed by atoms with Crippen molar-refractivity contribution in [2.75, 3.05) is 26.2 Å². The van der Waals surface area contributed by atoms with Gasteiger partial charge in [0.15, 0.2) is 0 Å². The van der Waals surface area contributed by atoms with Gasteiger partial charge in [-0.3, -0.25) is 14.5 Å². The number of aryl methyl sites for hydroxylation is 1. The van der Waals surface area contributed by atoms with Gasteiger partial charge in [0, 0.05) is 43.2 Å². The molecule has 5 fully saturated rings. The highest BCUT2D eigenvalue weighted by atomic mass is 19.1. The van der Waals surface area contributed by atoms with Crippen molar-refractivity contribution in [3.8, 4) is 0 Å². The largest absolute Gasteiger partial charge is 0.394 e. The summed E-state index contributed by atoms with van der Waals surface area (Å²) in [5.41, 5.74) is 4.12. The fourth-order valence-electron chi connectivity index (χ4n) is 10.3. The van der Waals surface area contributed by atoms with Crippen LogP contribution in [0.1, 0.15) is 95.9 Å². The molecule has 2 bridgehead atoms. The molecule has 52 heavy (non-hydrogen) atoms. The third-order valence-electron chi connectivity index (χ3n) is 13.4. The molecule has 5 aliphatic rings. The lowest BCUT2D eigenvalue weighted by atomic mass is 9.45. The minimum atomic E-state index is -0.843. The van der Waals surface area contributed by atoms with E-state index in [-0.39, 0.29) is 30.4 Å². The summed E-state index contributed by atoms with van der Waals surface area (Å²) < 4.78 is 15.3. The van der Waals surface area contributed by atoms with Crippen LogP contribution in [-0.2, 0) is 29.3 Å². The second kappa shape index (κ2) is 16.5. The normalized spacial score (nSPS) is 30.1. The van der Waals surface area contributed by atoms with Gasteiger partial charge in [-0.25, -0.2) is 4.39 Å². The van der Waals surface area contributed by atoms with Gasteiger partial charge in [-0.15, -0.1) is 0 Å². The number of amides is 1. The van der Waals surface area contributed by atoms with Gasteiger partial charge in [0.05, 0.1) is 19.3 Å². The summed E-state index contributed by atoms with van der Waals surface area (Å²) in [5, 5.41) is 26.3. The number of likely N-dealkylation sites (tertiary alicyclic amines) is 1. The molecule has 2 aliphatic heterocycles. The number of hydrogen-bond acceptors (Lipinski definition) is 7. The summed E-state index contributed by atoms with van der Waals surface area (Å²) in [6.45, 7) is 19.6. The molecule has 0 spiro atoms. The number of rotatable bonds is 15. The van der Waals surface area contributed by atoms with Gasteiger partial charge in [-0.1, -0.05) is 71.0 Å². The van der Waals surface area contributed by atoms with Crippen molar-refractivity contribution in [1.29, 1.82) is 0 Å². The van der Waals surface area contributed by atoms with Crippen LogP contribution in [0, 0.1) is 47.7 Å². The van der Waals surface area contributed by atoms with Crippen molar-refractivity contribution < 1.29 is 24.2 Å². The first-order chi connectivity index (χ1) is 24.8. The van der Waals surface area contributed by atoms with E-state index >= 15 is 4.39 Å². The molecule has 0 unspecified atom stereocenters. The Hall–Kier alpha value is -2.40. The van der Waals surface area contributed by atoms with E-state index in [0.29, 0.717) is 48.7 Å². The molecule has 2 aromatic rings. The monoisotopic (exact) mass is 720 g/mol. The summed E-state index contributed by atoms with van der Waals surface area (Å²) in [4.78, 5) is 25.5. The number of carbonyl (C=O) groups excluding carboxylic acids is 1. The number of carbonyl (C=O) groups is 1. The Morgan fingerprint density at radius 2 is 1.79 bits per heavy atom. The molecule has 0 aromatic heterocycles. The van der Waals surface area contributed by atoms with Crippen molar-refractivity contribution in [3.63, 3.8) is 0 Å². The summed E-state index contributed by atoms with van der Waals surface area (Å²) in [6, 6.07) is 13.4. The van der Waals surface area contributed by atoms with E-state index in [1.165, 1.54) is 19.3 Å². The Kier molecular flexibility index (Phi) is 12.5. The number of hydrogen-bond donors (Lipinski definition) is 3. The zero-order valence-corrected chi connectivity index (χ0v) is 32.7. The maximum absolute atomic E-state index is 15.3. The maximum Gasteiger partial charge on any atom is 0.240 e. The van der Waals surface area contributed by atoms with Crippen LogP contribution in [0.25, 0.3) is 0 Å². The molecule has 3 aliphatic carbocycles. The zero-order chi connectivity index (χ0) is 37.3. The van der Waals surface area contributed by atoms with E-state index < -0.39 is 24.2 Å². The Labute approximate surface area is 312 Å². The second-order valence-corrected chi connectivity index (χ2v) is 17.8. The van der Waals surface area contributed by atoms with Crippen molar-refractivity contribution in [1.82, 2.24) is 20.2 Å². The van der Waals surface area contributed by atoms with Gasteiger partial charge in [-0.05, 0) is 111 Å². The van der Waals surface area contributed by atoms with E-state index in [2.05, 4.69) is 61.9 Å². The van der Waals surface area contributed by atoms with Gasteiger partial charge >= 0.3 is 0 Å². The molecule has 3 saturated carbocycles. The molecule has 7 rings (SSSR count). The van der Waals surface area contributed by atoms with Gasteiger partial charge in [-0.2, -0.15) is 5.06 Å². The van der Waals surface area contributed by atoms with Crippen molar-refractivity contribution >= 4 is 5.91 Å². The van der Waals surface area contributed by atoms with Crippen molar-refractivity contribution in [2.45, 2.75) is 131 Å². The van der Waals surface area contributed by atoms with Crippen LogP contribution in [0.3, 0.4) is 0 Å². The molecule has 288 valence electrons. The molecule has 0 radical (unpaired) electrons. The molecule has 9 heteroatoms. The fourth-order valence-corrected chi connectivity index (χ4v) is 10.3. The lowest BCUT2D eigenvalue weighted by Gasteiger charge is -2.62. The molecule has 2 aromatic carbocycles. The molecule has 2 heterocycles. The van der Waals surface area contributed by atoms with Gasteiger partial charge in [0.25, 0.3) is 0 Å². The number of aliphatic hydroxyl groups is 2. The van der Waals surface area contributed by atoms with E-state index in [1.54, 1.807) is 24.1 Å². The van der Waals surface area contributed by atoms with Gasteiger partial charge < -0.3 is 20.4 Å². The SMILES string of the molecule is Cc1cccc(F)c1CN(Cc1cccc(CN2O[C@@H](CO)[C@@H]([C@H](C)O)[C@H]2C(=O)N[C@H]2C[C@H]3C[C@@H]([C@@H]2C)C3(C)C)c1)[C@@H](CC(C)C)CN1CCCC1. The van der Waals surface area contributed by atoms with Crippen LogP contribution in [0.2, 0.25) is 0 Å². The van der Waals surface area contributed by atoms with Crippen LogP contribution < -0.4 is 5.32 Å². The first-order valence-corrected chi connectivity index (χ1v) is 20.1. The number of hydroxylamine groups is 2. The molecular formula is C43H65FN4O4. The minimum Gasteiger partial charge on any atom is -0.394 e. The van der Waals surface area contributed by atoms with Crippen LogP contribution in [0.5, 0.6) is 0 Å². The number of fused-ring (bicyclic) bond motifs is 2.